The van der Waals surface area contributed by atoms with Gasteiger partial charge in [-0.1, -0.05) is 36.4 Å². The topological polar surface area (TPSA) is 49.6 Å². The highest BCUT2D eigenvalue weighted by Crippen LogP contribution is 2.41. The van der Waals surface area contributed by atoms with Crippen molar-refractivity contribution in [2.24, 2.45) is 11.8 Å². The van der Waals surface area contributed by atoms with E-state index in [9.17, 15) is 5.26 Å². The second-order valence-electron chi connectivity index (χ2n) is 4.57. The molecule has 0 amide bonds. The summed E-state index contributed by atoms with van der Waals surface area (Å²) in [6, 6.07) is 2.46. The fourth-order valence-electron chi connectivity index (χ4n) is 2.32. The first-order chi connectivity index (χ1) is 8.22. The Morgan fingerprint density at radius 2 is 2.29 bits per heavy atom. The number of nitrogens with zero attached hydrogens (tertiary/aromatic N) is 3. The zero-order valence-electron chi connectivity index (χ0n) is 10.2. The Kier molecular flexibility index (Phi) is 4.41. The molecule has 5 heteroatoms. The molecule has 0 radical (unpaired) electrons. The highest BCUT2D eigenvalue weighted by Gasteiger charge is 2.31. The van der Waals surface area contributed by atoms with E-state index in [1.54, 1.807) is 23.1 Å². The quantitative estimate of drug-likeness (QED) is 0.838. The SMILES string of the molecule is CCC1CCC(C#N)C(Sc2nnc(C)s2)C1. The first-order valence-electron chi connectivity index (χ1n) is 6.09. The van der Waals surface area contributed by atoms with Gasteiger partial charge in [-0.25, -0.2) is 0 Å². The van der Waals surface area contributed by atoms with E-state index in [0.29, 0.717) is 5.25 Å². The second-order valence-corrected chi connectivity index (χ2v) is 7.23. The van der Waals surface area contributed by atoms with Crippen molar-refractivity contribution in [3.63, 3.8) is 0 Å². The largest absolute Gasteiger partial charge is 0.198 e. The van der Waals surface area contributed by atoms with E-state index in [1.807, 2.05) is 6.92 Å². The van der Waals surface area contributed by atoms with Crippen molar-refractivity contribution in [3.05, 3.63) is 5.01 Å². The molecule has 0 spiro atoms. The summed E-state index contributed by atoms with van der Waals surface area (Å²) < 4.78 is 1.02. The summed E-state index contributed by atoms with van der Waals surface area (Å²) in [6.07, 6.45) is 4.63. The van der Waals surface area contributed by atoms with Gasteiger partial charge in [-0.2, -0.15) is 5.26 Å². The maximum absolute atomic E-state index is 9.21. The molecule has 1 heterocycles. The van der Waals surface area contributed by atoms with Gasteiger partial charge in [0.2, 0.25) is 0 Å². The van der Waals surface area contributed by atoms with Gasteiger partial charge in [-0.15, -0.1) is 10.2 Å². The van der Waals surface area contributed by atoms with Crippen molar-refractivity contribution in [1.29, 1.82) is 5.26 Å². The molecule has 2 rings (SSSR count). The fourth-order valence-corrected chi connectivity index (χ4v) is 4.73. The van der Waals surface area contributed by atoms with Crippen LogP contribution in [0, 0.1) is 30.1 Å². The highest BCUT2D eigenvalue weighted by atomic mass is 32.2. The standard InChI is InChI=1S/C12H17N3S2/c1-3-9-4-5-10(7-13)11(6-9)17-12-15-14-8(2)16-12/h9-11H,3-6H2,1-2H3. The Labute approximate surface area is 111 Å². The minimum atomic E-state index is 0.187. The van der Waals surface area contributed by atoms with Crippen molar-refractivity contribution in [3.8, 4) is 6.07 Å². The number of aromatic nitrogens is 2. The summed E-state index contributed by atoms with van der Waals surface area (Å²) in [5.41, 5.74) is 0. The second kappa shape index (κ2) is 5.83. The Bertz CT molecular complexity index is 410. The van der Waals surface area contributed by atoms with E-state index in [4.69, 9.17) is 0 Å². The average Bonchev–Trinajstić information content (AvgIpc) is 2.74. The molecule has 3 unspecified atom stereocenters. The predicted molar refractivity (Wildman–Crippen MR) is 71.0 cm³/mol. The highest BCUT2D eigenvalue weighted by molar-refractivity contribution is 8.01. The van der Waals surface area contributed by atoms with E-state index < -0.39 is 0 Å². The van der Waals surface area contributed by atoms with Gasteiger partial charge in [0.25, 0.3) is 0 Å². The van der Waals surface area contributed by atoms with Crippen molar-refractivity contribution in [1.82, 2.24) is 10.2 Å². The predicted octanol–water partition coefficient (Wildman–Crippen LogP) is 3.66. The van der Waals surface area contributed by atoms with Gasteiger partial charge < -0.3 is 0 Å². The van der Waals surface area contributed by atoms with Crippen molar-refractivity contribution >= 4 is 23.1 Å². The molecule has 1 fully saturated rings. The molecule has 92 valence electrons. The van der Waals surface area contributed by atoms with Crippen molar-refractivity contribution in [2.75, 3.05) is 0 Å². The van der Waals surface area contributed by atoms with E-state index in [-0.39, 0.29) is 5.92 Å². The van der Waals surface area contributed by atoms with Gasteiger partial charge in [-0.3, -0.25) is 0 Å². The number of nitriles is 1. The van der Waals surface area contributed by atoms with Gasteiger partial charge in [0, 0.05) is 5.25 Å². The maximum Gasteiger partial charge on any atom is 0.174 e. The molecule has 0 N–H and O–H groups in total. The normalized spacial score (nSPS) is 28.9. The molecular formula is C12H17N3S2. The molecule has 3 nitrogen and oxygen atoms in total. The third-order valence-corrected chi connectivity index (χ3v) is 5.68. The van der Waals surface area contributed by atoms with Crippen LogP contribution in [0.3, 0.4) is 0 Å². The van der Waals surface area contributed by atoms with Crippen molar-refractivity contribution in [2.45, 2.75) is 49.1 Å². The molecule has 1 saturated carbocycles. The molecule has 0 aliphatic heterocycles. The summed E-state index contributed by atoms with van der Waals surface area (Å²) >= 11 is 3.39. The summed E-state index contributed by atoms with van der Waals surface area (Å²) in [6.45, 7) is 4.22. The van der Waals surface area contributed by atoms with Gasteiger partial charge in [-0.05, 0) is 32.1 Å². The van der Waals surface area contributed by atoms with Crippen LogP contribution in [0.25, 0.3) is 0 Å². The van der Waals surface area contributed by atoms with E-state index in [1.165, 1.54) is 12.8 Å². The van der Waals surface area contributed by atoms with E-state index in [2.05, 4.69) is 23.2 Å². The van der Waals surface area contributed by atoms with Crippen LogP contribution in [-0.4, -0.2) is 15.4 Å². The van der Waals surface area contributed by atoms with Crippen LogP contribution in [0.5, 0.6) is 0 Å². The third kappa shape index (κ3) is 3.20. The van der Waals surface area contributed by atoms with Crippen LogP contribution in [0.4, 0.5) is 0 Å². The van der Waals surface area contributed by atoms with Crippen LogP contribution >= 0.6 is 23.1 Å². The van der Waals surface area contributed by atoms with Crippen LogP contribution < -0.4 is 0 Å². The number of thioether (sulfide) groups is 1. The van der Waals surface area contributed by atoms with E-state index in [0.717, 1.165) is 28.1 Å². The molecule has 0 aromatic carbocycles. The first-order valence-corrected chi connectivity index (χ1v) is 7.79. The Morgan fingerprint density at radius 1 is 1.47 bits per heavy atom. The molecule has 0 bridgehead atoms. The van der Waals surface area contributed by atoms with Gasteiger partial charge in [0.05, 0.1) is 12.0 Å². The Balaban J connectivity index is 2.03. The van der Waals surface area contributed by atoms with Crippen LogP contribution in [-0.2, 0) is 0 Å². The van der Waals surface area contributed by atoms with Gasteiger partial charge >= 0.3 is 0 Å². The lowest BCUT2D eigenvalue weighted by molar-refractivity contribution is 0.317. The molecule has 1 aliphatic rings. The lowest BCUT2D eigenvalue weighted by Crippen LogP contribution is -2.25. The zero-order valence-corrected chi connectivity index (χ0v) is 11.9. The first kappa shape index (κ1) is 12.8. The smallest absolute Gasteiger partial charge is 0.174 e. The number of hydrogen-bond donors (Lipinski definition) is 0. The molecule has 17 heavy (non-hydrogen) atoms. The van der Waals surface area contributed by atoms with Gasteiger partial charge in [0.15, 0.2) is 4.34 Å². The molecule has 0 saturated heterocycles. The maximum atomic E-state index is 9.21. The van der Waals surface area contributed by atoms with Crippen LogP contribution in [0.15, 0.2) is 4.34 Å². The third-order valence-electron chi connectivity index (χ3n) is 3.40. The average molecular weight is 267 g/mol. The minimum Gasteiger partial charge on any atom is -0.198 e. The fraction of sp³-hybridized carbons (Fsp3) is 0.750. The van der Waals surface area contributed by atoms with Gasteiger partial charge in [0.1, 0.15) is 5.01 Å². The van der Waals surface area contributed by atoms with E-state index >= 15 is 0 Å². The summed E-state index contributed by atoms with van der Waals surface area (Å²) in [4.78, 5) is 0. The number of rotatable bonds is 3. The Hall–Kier alpha value is -0.600. The van der Waals surface area contributed by atoms with Crippen molar-refractivity contribution < 1.29 is 0 Å². The lowest BCUT2D eigenvalue weighted by Gasteiger charge is -2.31. The molecule has 1 aromatic rings. The summed E-state index contributed by atoms with van der Waals surface area (Å²) in [5, 5.41) is 18.8. The Morgan fingerprint density at radius 3 is 2.88 bits per heavy atom. The molecule has 1 aliphatic carbocycles. The monoisotopic (exact) mass is 267 g/mol. The summed E-state index contributed by atoms with van der Waals surface area (Å²) in [7, 11) is 0. The zero-order chi connectivity index (χ0) is 12.3. The van der Waals surface area contributed by atoms with Crippen LogP contribution in [0.2, 0.25) is 0 Å². The number of aryl methyl sites for hydroxylation is 1. The molecule has 1 aromatic heterocycles. The van der Waals surface area contributed by atoms with Crippen LogP contribution in [0.1, 0.15) is 37.6 Å². The molecule has 3 atom stereocenters. The number of hydrogen-bond acceptors (Lipinski definition) is 5. The summed E-state index contributed by atoms with van der Waals surface area (Å²) in [5.74, 6) is 0.970. The lowest BCUT2D eigenvalue weighted by atomic mass is 9.81. The minimum absolute atomic E-state index is 0.187. The molecular weight excluding hydrogens is 250 g/mol.